The number of aromatic amines is 1. The molecule has 0 saturated heterocycles. The molecule has 6 nitrogen and oxygen atoms in total. The van der Waals surface area contributed by atoms with Crippen LogP contribution in [0.15, 0.2) is 36.5 Å². The Labute approximate surface area is 109 Å². The second kappa shape index (κ2) is 4.85. The number of fused-ring (bicyclic) bond motifs is 1. The number of benzene rings is 1. The molecule has 2 heterocycles. The molecule has 96 valence electrons. The maximum Gasteiger partial charge on any atom is 0.249 e. The van der Waals surface area contributed by atoms with Gasteiger partial charge in [-0.1, -0.05) is 6.07 Å². The van der Waals surface area contributed by atoms with Crippen LogP contribution in [0.25, 0.3) is 6.08 Å². The highest BCUT2D eigenvalue weighted by Gasteiger charge is 2.12. The maximum absolute atomic E-state index is 11.6. The minimum Gasteiger partial charge on any atom is -0.454 e. The molecular weight excluding hydrogens is 246 g/mol. The van der Waals surface area contributed by atoms with Crippen molar-refractivity contribution in [1.29, 1.82) is 0 Å². The van der Waals surface area contributed by atoms with Gasteiger partial charge in [0.2, 0.25) is 12.7 Å². The Bertz CT molecular complexity index is 620. The van der Waals surface area contributed by atoms with Crippen LogP contribution in [0, 0.1) is 0 Å². The molecule has 1 aliphatic heterocycles. The van der Waals surface area contributed by atoms with E-state index in [0.29, 0.717) is 11.6 Å². The van der Waals surface area contributed by atoms with Gasteiger partial charge in [-0.15, -0.1) is 0 Å². The zero-order chi connectivity index (χ0) is 13.1. The minimum absolute atomic E-state index is 0.234. The number of aromatic nitrogens is 2. The predicted octanol–water partition coefficient (Wildman–Crippen LogP) is 1.79. The summed E-state index contributed by atoms with van der Waals surface area (Å²) in [7, 11) is 0. The average Bonchev–Trinajstić information content (AvgIpc) is 3.06. The number of H-pyrrole nitrogens is 1. The van der Waals surface area contributed by atoms with Gasteiger partial charge in [-0.05, 0) is 23.8 Å². The second-order valence-corrected chi connectivity index (χ2v) is 3.91. The summed E-state index contributed by atoms with van der Waals surface area (Å²) < 4.78 is 10.5. The Balaban J connectivity index is 1.67. The molecule has 1 aromatic heterocycles. The first-order valence-corrected chi connectivity index (χ1v) is 5.69. The quantitative estimate of drug-likeness (QED) is 0.822. The monoisotopic (exact) mass is 257 g/mol. The Morgan fingerprint density at radius 1 is 1.32 bits per heavy atom. The van der Waals surface area contributed by atoms with Gasteiger partial charge in [0.05, 0.1) is 6.20 Å². The van der Waals surface area contributed by atoms with Crippen LogP contribution in [0.3, 0.4) is 0 Å². The van der Waals surface area contributed by atoms with Gasteiger partial charge in [0.1, 0.15) is 5.82 Å². The molecule has 2 aromatic rings. The molecule has 0 atom stereocenters. The van der Waals surface area contributed by atoms with Crippen molar-refractivity contribution in [2.24, 2.45) is 0 Å². The third-order valence-corrected chi connectivity index (χ3v) is 2.58. The molecular formula is C13H11N3O3. The third kappa shape index (κ3) is 2.57. The van der Waals surface area contributed by atoms with Gasteiger partial charge in [0.25, 0.3) is 0 Å². The van der Waals surface area contributed by atoms with E-state index in [9.17, 15) is 4.79 Å². The first-order valence-electron chi connectivity index (χ1n) is 5.69. The van der Waals surface area contributed by atoms with E-state index in [-0.39, 0.29) is 12.7 Å². The molecule has 19 heavy (non-hydrogen) atoms. The lowest BCUT2D eigenvalue weighted by Crippen LogP contribution is -2.07. The van der Waals surface area contributed by atoms with Crippen LogP contribution < -0.4 is 14.8 Å². The highest BCUT2D eigenvalue weighted by Crippen LogP contribution is 2.32. The first kappa shape index (κ1) is 11.3. The fourth-order valence-electron chi connectivity index (χ4n) is 1.69. The van der Waals surface area contributed by atoms with E-state index in [1.165, 1.54) is 6.08 Å². The van der Waals surface area contributed by atoms with Crippen molar-refractivity contribution in [3.63, 3.8) is 0 Å². The predicted molar refractivity (Wildman–Crippen MR) is 68.8 cm³/mol. The Hall–Kier alpha value is -2.76. The molecule has 0 spiro atoms. The fraction of sp³-hybridized carbons (Fsp3) is 0.0769. The van der Waals surface area contributed by atoms with Gasteiger partial charge >= 0.3 is 0 Å². The maximum atomic E-state index is 11.6. The van der Waals surface area contributed by atoms with Crippen molar-refractivity contribution in [1.82, 2.24) is 10.2 Å². The number of amides is 1. The van der Waals surface area contributed by atoms with Crippen LogP contribution in [0.4, 0.5) is 5.82 Å². The van der Waals surface area contributed by atoms with E-state index in [1.54, 1.807) is 18.3 Å². The Morgan fingerprint density at radius 3 is 3.05 bits per heavy atom. The van der Waals surface area contributed by atoms with E-state index in [2.05, 4.69) is 15.5 Å². The van der Waals surface area contributed by atoms with Crippen LogP contribution in [0.5, 0.6) is 11.5 Å². The van der Waals surface area contributed by atoms with Crippen molar-refractivity contribution in [3.8, 4) is 11.5 Å². The van der Waals surface area contributed by atoms with Crippen LogP contribution in [-0.2, 0) is 4.79 Å². The van der Waals surface area contributed by atoms with Gasteiger partial charge in [-0.25, -0.2) is 0 Å². The van der Waals surface area contributed by atoms with Crippen LogP contribution >= 0.6 is 0 Å². The van der Waals surface area contributed by atoms with Crippen molar-refractivity contribution >= 4 is 17.8 Å². The van der Waals surface area contributed by atoms with Gasteiger partial charge in [0, 0.05) is 12.1 Å². The van der Waals surface area contributed by atoms with Gasteiger partial charge < -0.3 is 14.8 Å². The zero-order valence-electron chi connectivity index (χ0n) is 9.92. The topological polar surface area (TPSA) is 76.2 Å². The van der Waals surface area contributed by atoms with E-state index < -0.39 is 0 Å². The summed E-state index contributed by atoms with van der Waals surface area (Å²) in [5, 5.41) is 9.03. The molecule has 2 N–H and O–H groups in total. The minimum atomic E-state index is -0.234. The second-order valence-electron chi connectivity index (χ2n) is 3.91. The molecule has 0 aliphatic carbocycles. The Kier molecular flexibility index (Phi) is 2.89. The number of anilines is 1. The number of ether oxygens (including phenoxy) is 2. The highest BCUT2D eigenvalue weighted by atomic mass is 16.7. The third-order valence-electron chi connectivity index (χ3n) is 2.58. The number of hydrogen-bond acceptors (Lipinski definition) is 4. The van der Waals surface area contributed by atoms with E-state index in [4.69, 9.17) is 9.47 Å². The summed E-state index contributed by atoms with van der Waals surface area (Å²) in [6.07, 6.45) is 4.71. The first-order chi connectivity index (χ1) is 9.31. The van der Waals surface area contributed by atoms with Crippen LogP contribution in [-0.4, -0.2) is 22.9 Å². The smallest absolute Gasteiger partial charge is 0.249 e. The summed E-state index contributed by atoms with van der Waals surface area (Å²) in [6.45, 7) is 0.239. The van der Waals surface area contributed by atoms with Gasteiger partial charge in [-0.3, -0.25) is 9.89 Å². The van der Waals surface area contributed by atoms with Gasteiger partial charge in [-0.2, -0.15) is 5.10 Å². The fourth-order valence-corrected chi connectivity index (χ4v) is 1.69. The molecule has 6 heteroatoms. The number of carbonyl (C=O) groups excluding carboxylic acids is 1. The largest absolute Gasteiger partial charge is 0.454 e. The van der Waals surface area contributed by atoms with Crippen molar-refractivity contribution in [2.45, 2.75) is 0 Å². The molecule has 3 rings (SSSR count). The molecule has 0 fully saturated rings. The number of nitrogens with one attached hydrogen (secondary N) is 2. The van der Waals surface area contributed by atoms with Crippen LogP contribution in [0.2, 0.25) is 0 Å². The van der Waals surface area contributed by atoms with Gasteiger partial charge in [0.15, 0.2) is 11.5 Å². The number of rotatable bonds is 3. The SMILES string of the molecule is O=C(/C=C/c1ccc2c(c1)OCO2)Nc1ccn[nH]1. The van der Waals surface area contributed by atoms with E-state index in [0.717, 1.165) is 11.3 Å². The Morgan fingerprint density at radius 2 is 2.21 bits per heavy atom. The van der Waals surface area contributed by atoms with Crippen molar-refractivity contribution in [2.75, 3.05) is 12.1 Å². The normalized spacial score (nSPS) is 12.8. The average molecular weight is 257 g/mol. The zero-order valence-corrected chi connectivity index (χ0v) is 9.92. The van der Waals surface area contributed by atoms with E-state index >= 15 is 0 Å². The molecule has 1 aromatic carbocycles. The lowest BCUT2D eigenvalue weighted by molar-refractivity contribution is -0.111. The standard InChI is InChI=1S/C13H11N3O3/c17-13(15-12-5-6-14-16-12)4-2-9-1-3-10-11(7-9)19-8-18-10/h1-7H,8H2,(H2,14,15,16,17)/b4-2+. The number of hydrogen-bond donors (Lipinski definition) is 2. The molecule has 0 unspecified atom stereocenters. The molecule has 1 amide bonds. The number of nitrogens with zero attached hydrogens (tertiary/aromatic N) is 1. The van der Waals surface area contributed by atoms with Crippen LogP contribution in [0.1, 0.15) is 5.56 Å². The van der Waals surface area contributed by atoms with Crippen molar-refractivity contribution in [3.05, 3.63) is 42.1 Å². The lowest BCUT2D eigenvalue weighted by Gasteiger charge is -1.98. The highest BCUT2D eigenvalue weighted by molar-refractivity contribution is 6.01. The summed E-state index contributed by atoms with van der Waals surface area (Å²) in [6, 6.07) is 7.16. The summed E-state index contributed by atoms with van der Waals surface area (Å²) in [5.41, 5.74) is 0.865. The molecule has 0 bridgehead atoms. The summed E-state index contributed by atoms with van der Waals surface area (Å²) in [4.78, 5) is 11.6. The number of carbonyl (C=O) groups is 1. The lowest BCUT2D eigenvalue weighted by atomic mass is 10.2. The summed E-state index contributed by atoms with van der Waals surface area (Å²) in [5.74, 6) is 1.73. The summed E-state index contributed by atoms with van der Waals surface area (Å²) >= 11 is 0. The molecule has 1 aliphatic rings. The molecule has 0 radical (unpaired) electrons. The van der Waals surface area contributed by atoms with Crippen molar-refractivity contribution < 1.29 is 14.3 Å². The molecule has 0 saturated carbocycles. The van der Waals surface area contributed by atoms with E-state index in [1.807, 2.05) is 18.2 Å².